The number of aliphatic hydroxyl groups is 1. The minimum atomic E-state index is -1.07. The van der Waals surface area contributed by atoms with E-state index in [4.69, 9.17) is 5.11 Å². The molecule has 0 spiro atoms. The Kier molecular flexibility index (Phi) is 5.82. The average Bonchev–Trinajstić information content (AvgIpc) is 2.97. The number of likely N-dealkylation sites (tertiary alicyclic amines) is 1. The van der Waals surface area contributed by atoms with E-state index >= 15 is 0 Å². The third kappa shape index (κ3) is 4.06. The van der Waals surface area contributed by atoms with Gasteiger partial charge in [-0.25, -0.2) is 0 Å². The summed E-state index contributed by atoms with van der Waals surface area (Å²) in [6.45, 7) is 3.99. The van der Waals surface area contributed by atoms with Gasteiger partial charge in [-0.3, -0.25) is 14.4 Å². The molecule has 0 aliphatic carbocycles. The molecule has 2 aromatic carbocycles. The van der Waals surface area contributed by atoms with E-state index in [9.17, 15) is 19.5 Å². The second-order valence-electron chi connectivity index (χ2n) is 7.32. The van der Waals surface area contributed by atoms with E-state index in [0.29, 0.717) is 17.0 Å². The zero-order valence-corrected chi connectivity index (χ0v) is 16.3. The van der Waals surface area contributed by atoms with E-state index in [1.165, 1.54) is 4.90 Å². The second-order valence-corrected chi connectivity index (χ2v) is 7.32. The molecule has 1 fully saturated rings. The quantitative estimate of drug-likeness (QED) is 0.443. The number of carbonyl (C=O) groups excluding carboxylic acids is 2. The van der Waals surface area contributed by atoms with Crippen molar-refractivity contribution in [3.63, 3.8) is 0 Å². The first-order valence-electron chi connectivity index (χ1n) is 9.46. The van der Waals surface area contributed by atoms with Gasteiger partial charge < -0.3 is 15.1 Å². The molecular formula is C23H23NO5. The summed E-state index contributed by atoms with van der Waals surface area (Å²) < 4.78 is 0. The van der Waals surface area contributed by atoms with Gasteiger partial charge in [0.2, 0.25) is 0 Å². The molecule has 2 aromatic rings. The Morgan fingerprint density at radius 3 is 2.17 bits per heavy atom. The number of ketones is 1. The Morgan fingerprint density at radius 2 is 1.62 bits per heavy atom. The van der Waals surface area contributed by atoms with Gasteiger partial charge in [-0.05, 0) is 17.0 Å². The summed E-state index contributed by atoms with van der Waals surface area (Å²) in [5.74, 6) is -2.63. The fourth-order valence-corrected chi connectivity index (χ4v) is 3.49. The van der Waals surface area contributed by atoms with Gasteiger partial charge in [-0.1, -0.05) is 68.4 Å². The Morgan fingerprint density at radius 1 is 1.00 bits per heavy atom. The summed E-state index contributed by atoms with van der Waals surface area (Å²) >= 11 is 0. The number of hydrogen-bond acceptors (Lipinski definition) is 4. The summed E-state index contributed by atoms with van der Waals surface area (Å²) in [5, 5.41) is 19.9. The summed E-state index contributed by atoms with van der Waals surface area (Å²) in [5.41, 5.74) is 2.15. The lowest BCUT2D eigenvalue weighted by Crippen LogP contribution is -2.31. The summed E-state index contributed by atoms with van der Waals surface area (Å²) in [4.78, 5) is 37.7. The van der Waals surface area contributed by atoms with Gasteiger partial charge in [0, 0.05) is 12.1 Å². The largest absolute Gasteiger partial charge is 0.507 e. The van der Waals surface area contributed by atoms with Crippen LogP contribution in [0.3, 0.4) is 0 Å². The second kappa shape index (κ2) is 8.31. The minimum Gasteiger partial charge on any atom is -0.507 e. The van der Waals surface area contributed by atoms with Gasteiger partial charge in [-0.15, -0.1) is 0 Å². The highest BCUT2D eigenvalue weighted by Crippen LogP contribution is 2.39. The first-order chi connectivity index (χ1) is 13.8. The number of nitrogens with zero attached hydrogens (tertiary/aromatic N) is 1. The van der Waals surface area contributed by atoms with Crippen molar-refractivity contribution in [2.24, 2.45) is 0 Å². The molecule has 0 saturated carbocycles. The van der Waals surface area contributed by atoms with Gasteiger partial charge in [0.1, 0.15) is 5.76 Å². The minimum absolute atomic E-state index is 0.0242. The molecule has 3 rings (SSSR count). The van der Waals surface area contributed by atoms with E-state index in [-0.39, 0.29) is 24.3 Å². The highest BCUT2D eigenvalue weighted by molar-refractivity contribution is 6.46. The molecule has 150 valence electrons. The summed E-state index contributed by atoms with van der Waals surface area (Å²) in [7, 11) is 0. The fourth-order valence-electron chi connectivity index (χ4n) is 3.49. The van der Waals surface area contributed by atoms with Crippen LogP contribution in [0, 0.1) is 0 Å². The Hall–Kier alpha value is -3.41. The number of Topliss-reactive ketones (excluding diaryl/α,β-unsaturated/α-hetero) is 1. The summed E-state index contributed by atoms with van der Waals surface area (Å²) in [6.07, 6.45) is -0.293. The SMILES string of the molecule is CC(C)c1ccc(C2/C(=C(/O)c3ccccc3)C(=O)C(=O)N2CCC(=O)O)cc1. The van der Waals surface area contributed by atoms with E-state index < -0.39 is 23.7 Å². The lowest BCUT2D eigenvalue weighted by atomic mass is 9.93. The smallest absolute Gasteiger partial charge is 0.305 e. The Labute approximate surface area is 169 Å². The molecule has 1 atom stereocenters. The molecular weight excluding hydrogens is 370 g/mol. The molecule has 1 aliphatic heterocycles. The van der Waals surface area contributed by atoms with Crippen LogP contribution in [-0.4, -0.2) is 39.3 Å². The molecule has 1 aliphatic rings. The number of aliphatic carboxylic acids is 1. The molecule has 1 saturated heterocycles. The monoisotopic (exact) mass is 393 g/mol. The molecule has 1 unspecified atom stereocenters. The predicted molar refractivity (Wildman–Crippen MR) is 108 cm³/mol. The molecule has 0 bridgehead atoms. The number of carboxylic acids is 1. The zero-order chi connectivity index (χ0) is 21.1. The van der Waals surface area contributed by atoms with Crippen LogP contribution in [0.1, 0.15) is 48.9 Å². The van der Waals surface area contributed by atoms with Gasteiger partial charge in [0.15, 0.2) is 0 Å². The standard InChI is InChI=1S/C23H23NO5/c1-14(2)15-8-10-16(11-9-15)20-19(21(27)17-6-4-3-5-7-17)22(28)23(29)24(20)13-12-18(25)26/h3-11,14,20,27H,12-13H2,1-2H3,(H,25,26)/b21-19-. The van der Waals surface area contributed by atoms with E-state index in [2.05, 4.69) is 13.8 Å². The van der Waals surface area contributed by atoms with Crippen LogP contribution in [-0.2, 0) is 14.4 Å². The maximum absolute atomic E-state index is 12.8. The van der Waals surface area contributed by atoms with E-state index in [1.54, 1.807) is 30.3 Å². The summed E-state index contributed by atoms with van der Waals surface area (Å²) in [6, 6.07) is 15.2. The maximum Gasteiger partial charge on any atom is 0.305 e. The molecule has 6 heteroatoms. The van der Waals surface area contributed by atoms with Crippen molar-refractivity contribution in [2.45, 2.75) is 32.2 Å². The topological polar surface area (TPSA) is 94.9 Å². The van der Waals surface area contributed by atoms with Crippen LogP contribution in [0.5, 0.6) is 0 Å². The normalized spacial score (nSPS) is 18.4. The van der Waals surface area contributed by atoms with Gasteiger partial charge in [0.05, 0.1) is 18.0 Å². The van der Waals surface area contributed by atoms with Crippen molar-refractivity contribution in [1.82, 2.24) is 4.90 Å². The fraction of sp³-hybridized carbons (Fsp3) is 0.261. The number of rotatable bonds is 6. The lowest BCUT2D eigenvalue weighted by Gasteiger charge is -2.25. The maximum atomic E-state index is 12.8. The van der Waals surface area contributed by atoms with Crippen molar-refractivity contribution in [3.05, 3.63) is 76.9 Å². The van der Waals surface area contributed by atoms with Crippen LogP contribution in [0.4, 0.5) is 0 Å². The third-order valence-corrected chi connectivity index (χ3v) is 5.07. The molecule has 0 aromatic heterocycles. The molecule has 6 nitrogen and oxygen atoms in total. The molecule has 2 N–H and O–H groups in total. The number of amides is 1. The average molecular weight is 393 g/mol. The Balaban J connectivity index is 2.13. The van der Waals surface area contributed by atoms with Crippen molar-refractivity contribution in [1.29, 1.82) is 0 Å². The lowest BCUT2D eigenvalue weighted by molar-refractivity contribution is -0.142. The molecule has 1 amide bonds. The van der Waals surface area contributed by atoms with Crippen molar-refractivity contribution in [2.75, 3.05) is 6.54 Å². The highest BCUT2D eigenvalue weighted by Gasteiger charge is 2.46. The number of carboxylic acid groups (broad SMARTS) is 1. The van der Waals surface area contributed by atoms with Gasteiger partial charge in [-0.2, -0.15) is 0 Å². The van der Waals surface area contributed by atoms with Gasteiger partial charge in [0.25, 0.3) is 11.7 Å². The molecule has 1 heterocycles. The zero-order valence-electron chi connectivity index (χ0n) is 16.3. The van der Waals surface area contributed by atoms with Crippen LogP contribution in [0.25, 0.3) is 5.76 Å². The van der Waals surface area contributed by atoms with Gasteiger partial charge >= 0.3 is 5.97 Å². The predicted octanol–water partition coefficient (Wildman–Crippen LogP) is 3.71. The van der Waals surface area contributed by atoms with E-state index in [0.717, 1.165) is 5.56 Å². The van der Waals surface area contributed by atoms with Crippen LogP contribution >= 0.6 is 0 Å². The van der Waals surface area contributed by atoms with Crippen LogP contribution in [0.2, 0.25) is 0 Å². The van der Waals surface area contributed by atoms with Crippen LogP contribution in [0.15, 0.2) is 60.2 Å². The number of aliphatic hydroxyl groups excluding tert-OH is 1. The molecule has 0 radical (unpaired) electrons. The number of carbonyl (C=O) groups is 3. The number of hydrogen-bond donors (Lipinski definition) is 2. The highest BCUT2D eigenvalue weighted by atomic mass is 16.4. The van der Waals surface area contributed by atoms with Crippen molar-refractivity contribution >= 4 is 23.4 Å². The first-order valence-corrected chi connectivity index (χ1v) is 9.46. The first kappa shape index (κ1) is 20.3. The number of benzene rings is 2. The Bertz CT molecular complexity index is 961. The van der Waals surface area contributed by atoms with Crippen LogP contribution < -0.4 is 0 Å². The molecule has 29 heavy (non-hydrogen) atoms. The van der Waals surface area contributed by atoms with E-state index in [1.807, 2.05) is 24.3 Å². The van der Waals surface area contributed by atoms with Crippen molar-refractivity contribution < 1.29 is 24.6 Å². The van der Waals surface area contributed by atoms with Crippen molar-refractivity contribution in [3.8, 4) is 0 Å². The third-order valence-electron chi connectivity index (χ3n) is 5.07.